The van der Waals surface area contributed by atoms with Crippen molar-refractivity contribution in [3.8, 4) is 5.75 Å². The number of ether oxygens (including phenoxy) is 1. The van der Waals surface area contributed by atoms with Crippen LogP contribution in [0.5, 0.6) is 5.75 Å². The molecule has 146 valence electrons. The highest BCUT2D eigenvalue weighted by Gasteiger charge is 2.07. The Labute approximate surface area is 164 Å². The average Bonchev–Trinajstić information content (AvgIpc) is 2.67. The van der Waals surface area contributed by atoms with E-state index in [2.05, 4.69) is 30.2 Å². The summed E-state index contributed by atoms with van der Waals surface area (Å²) in [6, 6.07) is 15.5. The molecule has 0 saturated heterocycles. The molecule has 5 nitrogen and oxygen atoms in total. The van der Waals surface area contributed by atoms with Crippen molar-refractivity contribution in [2.24, 2.45) is 0 Å². The molecule has 1 aromatic heterocycles. The zero-order valence-corrected chi connectivity index (χ0v) is 16.5. The van der Waals surface area contributed by atoms with E-state index in [9.17, 15) is 9.59 Å². The van der Waals surface area contributed by atoms with Crippen molar-refractivity contribution in [3.05, 3.63) is 75.6 Å². The predicted octanol–water partition coefficient (Wildman–Crippen LogP) is 3.70. The minimum Gasteiger partial charge on any atom is -0.484 e. The number of amides is 1. The summed E-state index contributed by atoms with van der Waals surface area (Å²) in [5.41, 5.74) is 3.74. The predicted molar refractivity (Wildman–Crippen MR) is 112 cm³/mol. The summed E-state index contributed by atoms with van der Waals surface area (Å²) >= 11 is 0. The number of pyridine rings is 1. The minimum atomic E-state index is -0.208. The minimum absolute atomic E-state index is 0.0467. The molecule has 0 atom stereocenters. The van der Waals surface area contributed by atoms with Crippen LogP contribution in [0.25, 0.3) is 10.9 Å². The molecule has 1 amide bonds. The Kier molecular flexibility index (Phi) is 6.14. The molecule has 0 aliphatic heterocycles. The number of benzene rings is 2. The quantitative estimate of drug-likeness (QED) is 0.659. The molecule has 3 rings (SSSR count). The first-order chi connectivity index (χ1) is 13.4. The van der Waals surface area contributed by atoms with E-state index in [4.69, 9.17) is 4.74 Å². The molecule has 3 aromatic rings. The van der Waals surface area contributed by atoms with Crippen molar-refractivity contribution < 1.29 is 9.53 Å². The van der Waals surface area contributed by atoms with Gasteiger partial charge >= 0.3 is 0 Å². The average molecular weight is 378 g/mol. The molecule has 0 saturated carbocycles. The lowest BCUT2D eigenvalue weighted by molar-refractivity contribution is -0.123. The van der Waals surface area contributed by atoms with Crippen molar-refractivity contribution in [2.75, 3.05) is 13.2 Å². The highest BCUT2D eigenvalue weighted by Crippen LogP contribution is 2.20. The number of aromatic amines is 1. The number of nitrogens with one attached hydrogen (secondary N) is 2. The first-order valence-corrected chi connectivity index (χ1v) is 9.54. The van der Waals surface area contributed by atoms with Gasteiger partial charge in [0.05, 0.1) is 0 Å². The van der Waals surface area contributed by atoms with Gasteiger partial charge in [0.25, 0.3) is 11.5 Å². The number of hydrogen-bond acceptors (Lipinski definition) is 3. The number of H-pyrrole nitrogens is 1. The largest absolute Gasteiger partial charge is 0.484 e. The van der Waals surface area contributed by atoms with Gasteiger partial charge in [-0.1, -0.05) is 37.6 Å². The molecule has 0 bridgehead atoms. The fraction of sp³-hybridized carbons (Fsp3) is 0.304. The molecule has 0 unspecified atom stereocenters. The standard InChI is InChI=1S/C23H26N2O3/c1-15(2)17-6-9-21-19(12-17)13-18(23(27)25-21)10-11-24-22(26)14-28-20-7-4-16(3)5-8-20/h4-9,12-13,15H,10-11,14H2,1-3H3,(H,24,26)(H,25,27). The summed E-state index contributed by atoms with van der Waals surface area (Å²) < 4.78 is 5.46. The molecule has 5 heteroatoms. The van der Waals surface area contributed by atoms with Crippen molar-refractivity contribution >= 4 is 16.8 Å². The fourth-order valence-corrected chi connectivity index (χ4v) is 2.99. The van der Waals surface area contributed by atoms with Gasteiger partial charge in [-0.05, 0) is 60.5 Å². The number of carbonyl (C=O) groups is 1. The SMILES string of the molecule is Cc1ccc(OCC(=O)NCCc2cc3cc(C(C)C)ccc3[nH]c2=O)cc1. The molecule has 2 aromatic carbocycles. The number of aryl methyl sites for hydroxylation is 1. The van der Waals surface area contributed by atoms with E-state index >= 15 is 0 Å². The van der Waals surface area contributed by atoms with E-state index in [1.165, 1.54) is 5.56 Å². The number of carbonyl (C=O) groups excluding carboxylic acids is 1. The molecule has 0 aliphatic rings. The van der Waals surface area contributed by atoms with E-state index in [0.29, 0.717) is 30.2 Å². The van der Waals surface area contributed by atoms with Gasteiger partial charge in [-0.2, -0.15) is 0 Å². The second kappa shape index (κ2) is 8.74. The molecule has 0 spiro atoms. The Bertz CT molecular complexity index is 1020. The maximum Gasteiger partial charge on any atom is 0.257 e. The molecule has 0 aliphatic carbocycles. The zero-order chi connectivity index (χ0) is 20.1. The summed E-state index contributed by atoms with van der Waals surface area (Å²) in [5.74, 6) is 0.875. The van der Waals surface area contributed by atoms with Crippen LogP contribution in [-0.2, 0) is 11.2 Å². The lowest BCUT2D eigenvalue weighted by Gasteiger charge is -2.09. The third kappa shape index (κ3) is 5.00. The van der Waals surface area contributed by atoms with Gasteiger partial charge in [0.2, 0.25) is 0 Å². The molecular formula is C23H26N2O3. The first-order valence-electron chi connectivity index (χ1n) is 9.54. The van der Waals surface area contributed by atoms with Crippen LogP contribution in [0.15, 0.2) is 53.3 Å². The van der Waals surface area contributed by atoms with Crippen molar-refractivity contribution in [1.82, 2.24) is 10.3 Å². The van der Waals surface area contributed by atoms with Crippen molar-refractivity contribution in [1.29, 1.82) is 0 Å². The number of hydrogen-bond donors (Lipinski definition) is 2. The van der Waals surface area contributed by atoms with Crippen LogP contribution in [0.1, 0.15) is 36.5 Å². The maximum atomic E-state index is 12.3. The Morgan fingerprint density at radius 1 is 1.11 bits per heavy atom. The molecule has 1 heterocycles. The monoisotopic (exact) mass is 378 g/mol. The van der Waals surface area contributed by atoms with Gasteiger partial charge < -0.3 is 15.0 Å². The van der Waals surface area contributed by atoms with Crippen LogP contribution < -0.4 is 15.6 Å². The van der Waals surface area contributed by atoms with E-state index in [0.717, 1.165) is 16.5 Å². The van der Waals surface area contributed by atoms with E-state index in [-0.39, 0.29) is 18.1 Å². The highest BCUT2D eigenvalue weighted by molar-refractivity contribution is 5.80. The molecule has 0 fully saturated rings. The van der Waals surface area contributed by atoms with Gasteiger partial charge in [0.15, 0.2) is 6.61 Å². The second-order valence-electron chi connectivity index (χ2n) is 7.33. The van der Waals surface area contributed by atoms with E-state index in [1.54, 1.807) is 0 Å². The molecule has 2 N–H and O–H groups in total. The van der Waals surface area contributed by atoms with Crippen LogP contribution in [-0.4, -0.2) is 24.0 Å². The molecule has 28 heavy (non-hydrogen) atoms. The first kappa shape index (κ1) is 19.7. The van der Waals surface area contributed by atoms with Crippen LogP contribution in [0.4, 0.5) is 0 Å². The van der Waals surface area contributed by atoms with E-state index < -0.39 is 0 Å². The third-order valence-corrected chi connectivity index (χ3v) is 4.72. The maximum absolute atomic E-state index is 12.3. The van der Waals surface area contributed by atoms with Crippen molar-refractivity contribution in [3.63, 3.8) is 0 Å². The number of fused-ring (bicyclic) bond motifs is 1. The third-order valence-electron chi connectivity index (χ3n) is 4.72. The van der Waals surface area contributed by atoms with Gasteiger partial charge in [0.1, 0.15) is 5.75 Å². The Morgan fingerprint density at radius 2 is 1.86 bits per heavy atom. The lowest BCUT2D eigenvalue weighted by Crippen LogP contribution is -2.31. The summed E-state index contributed by atoms with van der Waals surface area (Å²) in [7, 11) is 0. The number of rotatable bonds is 7. The van der Waals surface area contributed by atoms with Crippen LogP contribution in [0, 0.1) is 6.92 Å². The van der Waals surface area contributed by atoms with Gasteiger partial charge in [0, 0.05) is 17.6 Å². The van der Waals surface area contributed by atoms with E-state index in [1.807, 2.05) is 49.4 Å². The highest BCUT2D eigenvalue weighted by atomic mass is 16.5. The topological polar surface area (TPSA) is 71.2 Å². The van der Waals surface area contributed by atoms with Crippen molar-refractivity contribution in [2.45, 2.75) is 33.1 Å². The van der Waals surface area contributed by atoms with Gasteiger partial charge in [-0.3, -0.25) is 9.59 Å². The zero-order valence-electron chi connectivity index (χ0n) is 16.5. The Hall–Kier alpha value is -3.08. The summed E-state index contributed by atoms with van der Waals surface area (Å²) in [5, 5.41) is 3.81. The van der Waals surface area contributed by atoms with Gasteiger partial charge in [-0.15, -0.1) is 0 Å². The number of aromatic nitrogens is 1. The molecule has 0 radical (unpaired) electrons. The van der Waals surface area contributed by atoms with Crippen LogP contribution >= 0.6 is 0 Å². The second-order valence-corrected chi connectivity index (χ2v) is 7.33. The Balaban J connectivity index is 1.56. The normalized spacial score (nSPS) is 11.0. The van der Waals surface area contributed by atoms with Crippen LogP contribution in [0.3, 0.4) is 0 Å². The summed E-state index contributed by atoms with van der Waals surface area (Å²) in [6.07, 6.45) is 0.466. The Morgan fingerprint density at radius 3 is 2.57 bits per heavy atom. The smallest absolute Gasteiger partial charge is 0.257 e. The lowest BCUT2D eigenvalue weighted by atomic mass is 10.0. The van der Waals surface area contributed by atoms with Gasteiger partial charge in [-0.25, -0.2) is 0 Å². The molecular weight excluding hydrogens is 352 g/mol. The summed E-state index contributed by atoms with van der Waals surface area (Å²) in [4.78, 5) is 27.2. The van der Waals surface area contributed by atoms with Crippen LogP contribution in [0.2, 0.25) is 0 Å². The fourth-order valence-electron chi connectivity index (χ4n) is 2.99. The summed E-state index contributed by atoms with van der Waals surface area (Å²) in [6.45, 7) is 6.61.